The summed E-state index contributed by atoms with van der Waals surface area (Å²) in [6.07, 6.45) is 1.54. The largest absolute Gasteiger partial charge is 0.492 e. The second kappa shape index (κ2) is 6.94. The highest BCUT2D eigenvalue weighted by atomic mass is 32.1. The van der Waals surface area contributed by atoms with Gasteiger partial charge in [-0.1, -0.05) is 35.6 Å². The summed E-state index contributed by atoms with van der Waals surface area (Å²) in [7, 11) is 0. The van der Waals surface area contributed by atoms with Gasteiger partial charge in [-0.05, 0) is 19.4 Å². The molecule has 1 aromatic carbocycles. The van der Waals surface area contributed by atoms with E-state index >= 15 is 0 Å². The first kappa shape index (κ1) is 17.9. The molecule has 3 heterocycles. The van der Waals surface area contributed by atoms with E-state index in [1.807, 2.05) is 19.1 Å². The van der Waals surface area contributed by atoms with E-state index in [0.29, 0.717) is 10.8 Å². The number of amides is 1. The van der Waals surface area contributed by atoms with Crippen molar-refractivity contribution in [1.82, 2.24) is 14.6 Å². The summed E-state index contributed by atoms with van der Waals surface area (Å²) < 4.78 is 1.52. The van der Waals surface area contributed by atoms with Crippen molar-refractivity contribution in [3.63, 3.8) is 0 Å². The molecule has 1 atom stereocenters. The number of hydrogen-bond donors (Lipinski definition) is 3. The number of aromatic hydroxyl groups is 1. The van der Waals surface area contributed by atoms with Crippen LogP contribution in [0.15, 0.2) is 24.3 Å². The molecular formula is C19H24N5O2S+. The molecule has 1 aliphatic heterocycles. The van der Waals surface area contributed by atoms with Crippen LogP contribution in [-0.2, 0) is 4.79 Å². The number of piperidine rings is 1. The Hall–Kier alpha value is -2.45. The Bertz CT molecular complexity index is 987. The number of quaternary nitrogens is 1. The van der Waals surface area contributed by atoms with Crippen LogP contribution in [0.1, 0.15) is 40.7 Å². The first-order valence-electron chi connectivity index (χ1n) is 9.20. The Morgan fingerprint density at radius 2 is 2.04 bits per heavy atom. The number of nitrogens with two attached hydrogens (primary N) is 1. The molecule has 0 saturated carbocycles. The van der Waals surface area contributed by atoms with Gasteiger partial charge in [0.15, 0.2) is 6.04 Å². The number of hydrogen-bond acceptors (Lipinski definition) is 5. The van der Waals surface area contributed by atoms with Gasteiger partial charge in [0.25, 0.3) is 0 Å². The minimum Gasteiger partial charge on any atom is -0.492 e. The molecule has 0 aliphatic carbocycles. The molecular weight excluding hydrogens is 362 g/mol. The van der Waals surface area contributed by atoms with Crippen molar-refractivity contribution in [2.75, 3.05) is 13.1 Å². The normalized spacial score (nSPS) is 21.4. The van der Waals surface area contributed by atoms with Crippen LogP contribution in [0.5, 0.6) is 5.88 Å². The van der Waals surface area contributed by atoms with Crippen LogP contribution < -0.4 is 10.6 Å². The van der Waals surface area contributed by atoms with Crippen molar-refractivity contribution in [2.45, 2.75) is 32.7 Å². The zero-order valence-electron chi connectivity index (χ0n) is 15.5. The summed E-state index contributed by atoms with van der Waals surface area (Å²) in [6, 6.07) is 8.25. The zero-order valence-corrected chi connectivity index (χ0v) is 16.3. The number of aromatic nitrogens is 3. The van der Waals surface area contributed by atoms with E-state index in [-0.39, 0.29) is 23.7 Å². The lowest BCUT2D eigenvalue weighted by atomic mass is 9.92. The van der Waals surface area contributed by atoms with Gasteiger partial charge in [0, 0.05) is 24.3 Å². The van der Waals surface area contributed by atoms with Crippen molar-refractivity contribution in [1.29, 1.82) is 0 Å². The van der Waals surface area contributed by atoms with Gasteiger partial charge in [0.1, 0.15) is 10.7 Å². The highest BCUT2D eigenvalue weighted by Gasteiger charge is 2.37. The van der Waals surface area contributed by atoms with Crippen LogP contribution in [0.4, 0.5) is 0 Å². The molecule has 1 aliphatic rings. The van der Waals surface area contributed by atoms with E-state index in [1.54, 1.807) is 0 Å². The maximum atomic E-state index is 11.5. The van der Waals surface area contributed by atoms with Crippen molar-refractivity contribution >= 4 is 22.2 Å². The third kappa shape index (κ3) is 3.19. The summed E-state index contributed by atoms with van der Waals surface area (Å²) in [4.78, 5) is 18.9. The number of likely N-dealkylation sites (tertiary alicyclic amines) is 1. The van der Waals surface area contributed by atoms with Crippen LogP contribution in [0, 0.1) is 19.8 Å². The Morgan fingerprint density at radius 1 is 1.33 bits per heavy atom. The average Bonchev–Trinajstić information content (AvgIpc) is 3.15. The molecule has 2 aromatic heterocycles. The molecule has 8 heteroatoms. The van der Waals surface area contributed by atoms with Gasteiger partial charge >= 0.3 is 0 Å². The third-order valence-corrected chi connectivity index (χ3v) is 6.59. The quantitative estimate of drug-likeness (QED) is 0.623. The molecule has 1 saturated heterocycles. The standard InChI is InChI=1S/C19H23N5O2S/c1-11-5-3-4-6-14(11)15(23-9-7-13(8-10-23)17(20)25)16-18(26)24-19(27-16)21-12(2)22-24/h3-6,13,15,26H,7-10H2,1-2H3,(H2,20,25)/p+1/t15-/m0/s1. The van der Waals surface area contributed by atoms with Crippen LogP contribution in [-0.4, -0.2) is 38.7 Å². The smallest absolute Gasteiger partial charge is 0.235 e. The van der Waals surface area contributed by atoms with E-state index in [4.69, 9.17) is 5.73 Å². The summed E-state index contributed by atoms with van der Waals surface area (Å²) >= 11 is 1.48. The van der Waals surface area contributed by atoms with Gasteiger partial charge in [0.05, 0.1) is 13.1 Å². The van der Waals surface area contributed by atoms with E-state index in [0.717, 1.165) is 30.8 Å². The number of thiazole rings is 1. The maximum Gasteiger partial charge on any atom is 0.235 e. The fraction of sp³-hybridized carbons (Fsp3) is 0.421. The minimum absolute atomic E-state index is 0.0196. The number of rotatable bonds is 4. The summed E-state index contributed by atoms with van der Waals surface area (Å²) in [6.45, 7) is 5.57. The molecule has 1 amide bonds. The fourth-order valence-electron chi connectivity index (χ4n) is 4.06. The predicted octanol–water partition coefficient (Wildman–Crippen LogP) is 0.983. The molecule has 3 aromatic rings. The van der Waals surface area contributed by atoms with Crippen LogP contribution >= 0.6 is 11.3 Å². The van der Waals surface area contributed by atoms with Gasteiger partial charge in [-0.3, -0.25) is 4.79 Å². The van der Waals surface area contributed by atoms with Crippen molar-refractivity contribution in [2.24, 2.45) is 11.7 Å². The van der Waals surface area contributed by atoms with E-state index in [2.05, 4.69) is 29.1 Å². The molecule has 0 bridgehead atoms. The monoisotopic (exact) mass is 386 g/mol. The Labute approximate surface area is 161 Å². The Kier molecular flexibility index (Phi) is 4.61. The molecule has 1 fully saturated rings. The van der Waals surface area contributed by atoms with Crippen molar-refractivity contribution in [3.05, 3.63) is 46.1 Å². The lowest BCUT2D eigenvalue weighted by Gasteiger charge is -2.34. The molecule has 0 spiro atoms. The number of nitrogens with zero attached hydrogens (tertiary/aromatic N) is 3. The first-order chi connectivity index (χ1) is 13.0. The number of nitrogens with one attached hydrogen (secondary N) is 1. The number of primary amides is 1. The molecule has 7 nitrogen and oxygen atoms in total. The van der Waals surface area contributed by atoms with Crippen molar-refractivity contribution in [3.8, 4) is 5.88 Å². The molecule has 4 rings (SSSR count). The van der Waals surface area contributed by atoms with Gasteiger partial charge in [-0.15, -0.1) is 5.10 Å². The topological polar surface area (TPSA) is 98.0 Å². The number of carbonyl (C=O) groups is 1. The molecule has 0 radical (unpaired) electrons. The number of benzene rings is 1. The third-order valence-electron chi connectivity index (χ3n) is 5.51. The number of aryl methyl sites for hydroxylation is 2. The highest BCUT2D eigenvalue weighted by Crippen LogP contribution is 2.36. The SMILES string of the molecule is Cc1nc2sc([C@H](c3ccccc3C)[NH+]3CCC(C(N)=O)CC3)c(O)n2n1. The van der Waals surface area contributed by atoms with Gasteiger partial charge in [-0.2, -0.15) is 4.52 Å². The van der Waals surface area contributed by atoms with E-state index in [9.17, 15) is 9.90 Å². The van der Waals surface area contributed by atoms with Crippen molar-refractivity contribution < 1.29 is 14.8 Å². The second-order valence-electron chi connectivity index (χ2n) is 7.27. The summed E-state index contributed by atoms with van der Waals surface area (Å²) in [5.41, 5.74) is 7.87. The highest BCUT2D eigenvalue weighted by molar-refractivity contribution is 7.17. The summed E-state index contributed by atoms with van der Waals surface area (Å²) in [5.74, 6) is 0.543. The van der Waals surface area contributed by atoms with E-state index < -0.39 is 0 Å². The van der Waals surface area contributed by atoms with Crippen LogP contribution in [0.3, 0.4) is 0 Å². The first-order valence-corrected chi connectivity index (χ1v) is 10.0. The van der Waals surface area contributed by atoms with Crippen LogP contribution in [0.2, 0.25) is 0 Å². The van der Waals surface area contributed by atoms with Gasteiger partial charge < -0.3 is 15.7 Å². The fourth-order valence-corrected chi connectivity index (χ4v) is 5.23. The zero-order chi connectivity index (χ0) is 19.1. The van der Waals surface area contributed by atoms with Gasteiger partial charge in [0.2, 0.25) is 16.7 Å². The van der Waals surface area contributed by atoms with E-state index in [1.165, 1.54) is 31.9 Å². The summed E-state index contributed by atoms with van der Waals surface area (Å²) in [5, 5.41) is 15.2. The van der Waals surface area contributed by atoms with Crippen LogP contribution in [0.25, 0.3) is 4.96 Å². The molecule has 27 heavy (non-hydrogen) atoms. The molecule has 4 N–H and O–H groups in total. The lowest BCUT2D eigenvalue weighted by Crippen LogP contribution is -3.13. The molecule has 142 valence electrons. The maximum absolute atomic E-state index is 11.5. The number of fused-ring (bicyclic) bond motifs is 1. The Morgan fingerprint density at radius 3 is 2.67 bits per heavy atom. The Balaban J connectivity index is 1.77. The average molecular weight is 387 g/mol. The lowest BCUT2D eigenvalue weighted by molar-refractivity contribution is -0.930. The minimum atomic E-state index is -0.210. The molecule has 0 unspecified atom stereocenters. The number of carbonyl (C=O) groups excluding carboxylic acids is 1. The van der Waals surface area contributed by atoms with Gasteiger partial charge in [-0.25, -0.2) is 4.98 Å². The predicted molar refractivity (Wildman–Crippen MR) is 103 cm³/mol. The second-order valence-corrected chi connectivity index (χ2v) is 8.28.